The van der Waals surface area contributed by atoms with Crippen LogP contribution in [0, 0.1) is 0 Å². The number of carboxylic acids is 1. The minimum absolute atomic E-state index is 0.312. The van der Waals surface area contributed by atoms with E-state index in [1.165, 1.54) is 0 Å². The first-order valence-corrected chi connectivity index (χ1v) is 5.47. The van der Waals surface area contributed by atoms with Crippen LogP contribution in [0.1, 0.15) is 18.5 Å². The molecule has 0 unspecified atom stereocenters. The van der Waals surface area contributed by atoms with Crippen LogP contribution < -0.4 is 10.6 Å². The molecule has 1 aromatic rings. The van der Waals surface area contributed by atoms with Crippen LogP contribution in [0.15, 0.2) is 42.5 Å². The van der Waals surface area contributed by atoms with Crippen molar-refractivity contribution in [1.29, 1.82) is 0 Å². The van der Waals surface area contributed by atoms with Crippen molar-refractivity contribution in [3.05, 3.63) is 48.0 Å². The summed E-state index contributed by atoms with van der Waals surface area (Å²) in [5.41, 5.74) is 1.31. The summed E-state index contributed by atoms with van der Waals surface area (Å²) in [5, 5.41) is 14.0. The van der Waals surface area contributed by atoms with Crippen molar-refractivity contribution in [2.24, 2.45) is 0 Å². The lowest BCUT2D eigenvalue weighted by molar-refractivity contribution is -0.139. The molecule has 1 atom stereocenters. The Morgan fingerprint density at radius 1 is 1.33 bits per heavy atom. The van der Waals surface area contributed by atoms with E-state index in [0.717, 1.165) is 5.57 Å². The van der Waals surface area contributed by atoms with Gasteiger partial charge in [-0.2, -0.15) is 0 Å². The second-order valence-electron chi connectivity index (χ2n) is 3.97. The van der Waals surface area contributed by atoms with Gasteiger partial charge in [0.1, 0.15) is 0 Å². The first kappa shape index (κ1) is 13.8. The third kappa shape index (κ3) is 4.29. The van der Waals surface area contributed by atoms with Crippen LogP contribution in [-0.2, 0) is 4.79 Å². The molecule has 0 radical (unpaired) electrons. The number of hydrogen-bond donors (Lipinski definition) is 3. The Labute approximate surface area is 106 Å². The Morgan fingerprint density at radius 3 is 2.44 bits per heavy atom. The SMILES string of the molecule is C=C(C)CNC(=O)N[C@@H](C(=O)O)c1ccccc1. The highest BCUT2D eigenvalue weighted by molar-refractivity contribution is 5.83. The summed E-state index contributed by atoms with van der Waals surface area (Å²) >= 11 is 0. The molecule has 0 aromatic heterocycles. The minimum atomic E-state index is -1.10. The lowest BCUT2D eigenvalue weighted by Crippen LogP contribution is -2.41. The lowest BCUT2D eigenvalue weighted by atomic mass is 10.1. The molecule has 5 nitrogen and oxygen atoms in total. The smallest absolute Gasteiger partial charge is 0.330 e. The number of urea groups is 1. The van der Waals surface area contributed by atoms with Gasteiger partial charge in [0.2, 0.25) is 0 Å². The highest BCUT2D eigenvalue weighted by Crippen LogP contribution is 2.12. The molecule has 2 amide bonds. The van der Waals surface area contributed by atoms with Gasteiger partial charge in [-0.25, -0.2) is 9.59 Å². The summed E-state index contributed by atoms with van der Waals surface area (Å²) < 4.78 is 0. The van der Waals surface area contributed by atoms with E-state index in [0.29, 0.717) is 12.1 Å². The van der Waals surface area contributed by atoms with E-state index >= 15 is 0 Å². The van der Waals surface area contributed by atoms with E-state index in [1.807, 2.05) is 0 Å². The van der Waals surface area contributed by atoms with Gasteiger partial charge in [-0.1, -0.05) is 42.5 Å². The van der Waals surface area contributed by atoms with Crippen molar-refractivity contribution in [1.82, 2.24) is 10.6 Å². The Balaban J connectivity index is 2.67. The minimum Gasteiger partial charge on any atom is -0.479 e. The molecule has 0 aliphatic carbocycles. The topological polar surface area (TPSA) is 78.4 Å². The largest absolute Gasteiger partial charge is 0.479 e. The van der Waals surface area contributed by atoms with Gasteiger partial charge in [-0.05, 0) is 12.5 Å². The maximum atomic E-state index is 11.5. The molecule has 0 spiro atoms. The molecule has 96 valence electrons. The lowest BCUT2D eigenvalue weighted by Gasteiger charge is -2.15. The average Bonchev–Trinajstić information content (AvgIpc) is 2.34. The van der Waals surface area contributed by atoms with E-state index < -0.39 is 18.0 Å². The summed E-state index contributed by atoms with van der Waals surface area (Å²) in [4.78, 5) is 22.6. The van der Waals surface area contributed by atoms with Crippen molar-refractivity contribution in [3.8, 4) is 0 Å². The molecule has 0 saturated heterocycles. The summed E-state index contributed by atoms with van der Waals surface area (Å²) in [6.07, 6.45) is 0. The van der Waals surface area contributed by atoms with Crippen molar-refractivity contribution in [3.63, 3.8) is 0 Å². The molecule has 0 saturated carbocycles. The van der Waals surface area contributed by atoms with Gasteiger partial charge in [-0.15, -0.1) is 0 Å². The molecule has 0 aliphatic rings. The highest BCUT2D eigenvalue weighted by atomic mass is 16.4. The second kappa shape index (κ2) is 6.44. The first-order chi connectivity index (χ1) is 8.50. The zero-order valence-electron chi connectivity index (χ0n) is 10.1. The van der Waals surface area contributed by atoms with Crippen molar-refractivity contribution >= 4 is 12.0 Å². The van der Waals surface area contributed by atoms with Gasteiger partial charge in [0.25, 0.3) is 0 Å². The van der Waals surface area contributed by atoms with Gasteiger partial charge < -0.3 is 15.7 Å². The van der Waals surface area contributed by atoms with Crippen LogP contribution in [0.5, 0.6) is 0 Å². The summed E-state index contributed by atoms with van der Waals surface area (Å²) in [6, 6.07) is 6.93. The fourth-order valence-corrected chi connectivity index (χ4v) is 1.35. The van der Waals surface area contributed by atoms with E-state index in [4.69, 9.17) is 5.11 Å². The maximum absolute atomic E-state index is 11.5. The number of hydrogen-bond acceptors (Lipinski definition) is 2. The van der Waals surface area contributed by atoms with Crippen molar-refractivity contribution in [2.45, 2.75) is 13.0 Å². The van der Waals surface area contributed by atoms with Crippen molar-refractivity contribution < 1.29 is 14.7 Å². The number of nitrogens with one attached hydrogen (secondary N) is 2. The molecule has 0 fully saturated rings. The number of rotatable bonds is 5. The second-order valence-corrected chi connectivity index (χ2v) is 3.97. The monoisotopic (exact) mass is 248 g/mol. The van der Waals surface area contributed by atoms with Crippen LogP contribution in [0.3, 0.4) is 0 Å². The normalized spacial score (nSPS) is 11.4. The van der Waals surface area contributed by atoms with Gasteiger partial charge in [0, 0.05) is 6.54 Å². The molecule has 1 aromatic carbocycles. The number of carbonyl (C=O) groups is 2. The van der Waals surface area contributed by atoms with Crippen LogP contribution in [-0.4, -0.2) is 23.7 Å². The fraction of sp³-hybridized carbons (Fsp3) is 0.231. The maximum Gasteiger partial charge on any atom is 0.330 e. The zero-order chi connectivity index (χ0) is 13.5. The van der Waals surface area contributed by atoms with E-state index in [9.17, 15) is 9.59 Å². The predicted octanol–water partition coefficient (Wildman–Crippen LogP) is 1.69. The molecular formula is C13H16N2O3. The van der Waals surface area contributed by atoms with Crippen LogP contribution in [0.2, 0.25) is 0 Å². The fourth-order valence-electron chi connectivity index (χ4n) is 1.35. The van der Waals surface area contributed by atoms with Gasteiger partial charge in [0.15, 0.2) is 6.04 Å². The predicted molar refractivity (Wildman–Crippen MR) is 68.2 cm³/mol. The zero-order valence-corrected chi connectivity index (χ0v) is 10.1. The molecule has 3 N–H and O–H groups in total. The van der Waals surface area contributed by atoms with Crippen LogP contribution in [0.4, 0.5) is 4.79 Å². The Kier molecular flexibility index (Phi) is 4.92. The standard InChI is InChI=1S/C13H16N2O3/c1-9(2)8-14-13(18)15-11(12(16)17)10-6-4-3-5-7-10/h3-7,11H,1,8H2,2H3,(H,16,17)(H2,14,15,18)/t11-/m1/s1. The average molecular weight is 248 g/mol. The third-order valence-electron chi connectivity index (χ3n) is 2.21. The molecule has 5 heteroatoms. The number of carboxylic acid groups (broad SMARTS) is 1. The molecule has 0 bridgehead atoms. The molecule has 1 rings (SSSR count). The van der Waals surface area contributed by atoms with Crippen LogP contribution >= 0.6 is 0 Å². The summed E-state index contributed by atoms with van der Waals surface area (Å²) in [6.45, 7) is 5.72. The molecule has 0 aliphatic heterocycles. The van der Waals surface area contributed by atoms with Crippen molar-refractivity contribution in [2.75, 3.05) is 6.54 Å². The molecule has 0 heterocycles. The number of amides is 2. The third-order valence-corrected chi connectivity index (χ3v) is 2.21. The summed E-state index contributed by atoms with van der Waals surface area (Å²) in [5.74, 6) is -1.10. The Hall–Kier alpha value is -2.30. The van der Waals surface area contributed by atoms with Gasteiger partial charge in [-0.3, -0.25) is 0 Å². The Bertz CT molecular complexity index is 443. The molecule has 18 heavy (non-hydrogen) atoms. The van der Waals surface area contributed by atoms with Gasteiger partial charge >= 0.3 is 12.0 Å². The number of aliphatic carboxylic acids is 1. The quantitative estimate of drug-likeness (QED) is 0.694. The first-order valence-electron chi connectivity index (χ1n) is 5.47. The van der Waals surface area contributed by atoms with E-state index in [2.05, 4.69) is 17.2 Å². The van der Waals surface area contributed by atoms with E-state index in [-0.39, 0.29) is 0 Å². The molecular weight excluding hydrogens is 232 g/mol. The van der Waals surface area contributed by atoms with Gasteiger partial charge in [0.05, 0.1) is 0 Å². The Morgan fingerprint density at radius 2 is 1.94 bits per heavy atom. The highest BCUT2D eigenvalue weighted by Gasteiger charge is 2.21. The number of benzene rings is 1. The summed E-state index contributed by atoms with van der Waals surface area (Å²) in [7, 11) is 0. The van der Waals surface area contributed by atoms with Crippen LogP contribution in [0.25, 0.3) is 0 Å². The number of carbonyl (C=O) groups excluding carboxylic acids is 1. The van der Waals surface area contributed by atoms with E-state index in [1.54, 1.807) is 37.3 Å².